The predicted molar refractivity (Wildman–Crippen MR) is 142 cm³/mol. The highest BCUT2D eigenvalue weighted by Crippen LogP contribution is 2.63. The van der Waals surface area contributed by atoms with E-state index in [1.807, 2.05) is 4.67 Å². The van der Waals surface area contributed by atoms with E-state index in [4.69, 9.17) is 14.5 Å². The van der Waals surface area contributed by atoms with Gasteiger partial charge in [-0.15, -0.1) is 11.3 Å². The minimum atomic E-state index is -4.61. The fourth-order valence-corrected chi connectivity index (χ4v) is 9.98. The number of halogens is 4. The van der Waals surface area contributed by atoms with E-state index in [-0.39, 0.29) is 10.6 Å². The molecule has 0 radical (unpaired) electrons. The zero-order valence-electron chi connectivity index (χ0n) is 20.7. The van der Waals surface area contributed by atoms with E-state index in [2.05, 4.69) is 4.67 Å². The van der Waals surface area contributed by atoms with Gasteiger partial charge in [0.15, 0.2) is 7.36 Å². The molecule has 200 valence electrons. The van der Waals surface area contributed by atoms with Gasteiger partial charge in [0.1, 0.15) is 21.5 Å². The summed E-state index contributed by atoms with van der Waals surface area (Å²) in [4.78, 5) is 17.6. The number of alkyl halides is 3. The first kappa shape index (κ1) is 26.6. The molecule has 0 spiro atoms. The third-order valence-electron chi connectivity index (χ3n) is 6.62. The van der Waals surface area contributed by atoms with Crippen LogP contribution >= 0.6 is 18.7 Å². The summed E-state index contributed by atoms with van der Waals surface area (Å²) in [6, 6.07) is 12.7. The number of esters is 1. The number of benzene rings is 2. The number of carbonyl (C=O) groups excluding carboxylic acids is 1. The summed E-state index contributed by atoms with van der Waals surface area (Å²) >= 11 is 1.11. The van der Waals surface area contributed by atoms with E-state index < -0.39 is 30.9 Å². The van der Waals surface area contributed by atoms with Crippen LogP contribution in [0.2, 0.25) is 0 Å². The van der Waals surface area contributed by atoms with Crippen LogP contribution in [0.1, 0.15) is 40.1 Å². The Hall–Kier alpha value is -3.01. The number of thiophene rings is 1. The Labute approximate surface area is 221 Å². The standard InChI is InChI=1S/C26H25F4N4O2PS/c1-33-23(17-10-12-18(27)13-11-17)31-24-21(16-22(38-24)25(35)36-2)37(33,34-14-6-3-7-15-34)32-20-9-5-4-8-19(20)26(28,29)30/h4-5,8-13,16H,3,6-7,14-15H2,1-2H3/t37-/m1/s1. The molecule has 1 saturated heterocycles. The molecule has 0 unspecified atom stereocenters. The summed E-state index contributed by atoms with van der Waals surface area (Å²) in [5, 5.41) is 1.09. The van der Waals surface area contributed by atoms with Crippen molar-refractivity contribution in [1.82, 2.24) is 9.34 Å². The lowest BCUT2D eigenvalue weighted by atomic mass is 10.2. The molecule has 0 saturated carbocycles. The number of hydrogen-bond donors (Lipinski definition) is 0. The molecular weight excluding hydrogens is 539 g/mol. The van der Waals surface area contributed by atoms with Crippen molar-refractivity contribution in [3.63, 3.8) is 0 Å². The second-order valence-corrected chi connectivity index (χ2v) is 13.0. The summed E-state index contributed by atoms with van der Waals surface area (Å²) in [6.45, 7) is 1.24. The maximum atomic E-state index is 14.1. The van der Waals surface area contributed by atoms with E-state index in [9.17, 15) is 22.4 Å². The Morgan fingerprint density at radius 2 is 1.76 bits per heavy atom. The first-order chi connectivity index (χ1) is 18.1. The third-order valence-corrected chi connectivity index (χ3v) is 11.5. The average molecular weight is 565 g/mol. The molecule has 3 heterocycles. The fourth-order valence-electron chi connectivity index (χ4n) is 4.81. The Kier molecular flexibility index (Phi) is 7.19. The monoisotopic (exact) mass is 564 g/mol. The van der Waals surface area contributed by atoms with Gasteiger partial charge in [-0.3, -0.25) is 0 Å². The molecule has 2 aliphatic heterocycles. The first-order valence-electron chi connectivity index (χ1n) is 12.0. The number of fused-ring (bicyclic) bond motifs is 1. The summed E-state index contributed by atoms with van der Waals surface area (Å²) < 4.78 is 70.0. The van der Waals surface area contributed by atoms with Crippen molar-refractivity contribution in [2.24, 2.45) is 9.74 Å². The van der Waals surface area contributed by atoms with Crippen LogP contribution in [0.25, 0.3) is 0 Å². The van der Waals surface area contributed by atoms with Crippen LogP contribution < -0.4 is 5.30 Å². The molecule has 2 aliphatic rings. The maximum absolute atomic E-state index is 14.1. The van der Waals surface area contributed by atoms with Crippen LogP contribution in [0, 0.1) is 5.82 Å². The second kappa shape index (κ2) is 10.3. The summed E-state index contributed by atoms with van der Waals surface area (Å²) in [5.74, 6) is -0.528. The number of rotatable bonds is 4. The molecule has 0 bridgehead atoms. The Balaban J connectivity index is 1.86. The van der Waals surface area contributed by atoms with Crippen LogP contribution in [0.3, 0.4) is 0 Å². The van der Waals surface area contributed by atoms with Gasteiger partial charge in [-0.2, -0.15) is 13.2 Å². The van der Waals surface area contributed by atoms with Crippen LogP contribution in [-0.4, -0.2) is 48.4 Å². The Morgan fingerprint density at radius 3 is 2.42 bits per heavy atom. The van der Waals surface area contributed by atoms with Crippen LogP contribution in [0.5, 0.6) is 0 Å². The first-order valence-corrected chi connectivity index (χ1v) is 14.5. The molecular formula is C26H25F4N4O2PS. The molecule has 2 aromatic carbocycles. The van der Waals surface area contributed by atoms with Gasteiger partial charge in [-0.05, 0) is 55.3 Å². The molecule has 3 aromatic rings. The highest BCUT2D eigenvalue weighted by molar-refractivity contribution is 7.71. The van der Waals surface area contributed by atoms with Gasteiger partial charge in [0, 0.05) is 25.7 Å². The molecule has 5 rings (SSSR count). The summed E-state index contributed by atoms with van der Waals surface area (Å²) in [5.41, 5.74) is -0.420. The van der Waals surface area contributed by atoms with Crippen molar-refractivity contribution >= 4 is 46.5 Å². The maximum Gasteiger partial charge on any atom is 0.418 e. The molecule has 1 atom stereocenters. The number of nitrogens with zero attached hydrogens (tertiary/aromatic N) is 4. The fraction of sp³-hybridized carbons (Fsp3) is 0.308. The second-order valence-electron chi connectivity index (χ2n) is 8.96. The van der Waals surface area contributed by atoms with Gasteiger partial charge in [-0.25, -0.2) is 23.6 Å². The van der Waals surface area contributed by atoms with Crippen LogP contribution in [-0.2, 0) is 10.9 Å². The number of hydrogen-bond acceptors (Lipinski definition) is 5. The normalized spacial score (nSPS) is 20.1. The number of aliphatic imine (C=N–C) groups is 1. The average Bonchev–Trinajstić information content (AvgIpc) is 3.35. The molecule has 0 N–H and O–H groups in total. The number of piperidine rings is 1. The minimum Gasteiger partial charge on any atom is -0.465 e. The molecule has 38 heavy (non-hydrogen) atoms. The number of carbonyl (C=O) groups is 1. The van der Waals surface area contributed by atoms with E-state index in [1.165, 1.54) is 37.4 Å². The van der Waals surface area contributed by atoms with Crippen molar-refractivity contribution in [1.29, 1.82) is 0 Å². The van der Waals surface area contributed by atoms with Crippen molar-refractivity contribution in [3.05, 3.63) is 76.4 Å². The molecule has 1 fully saturated rings. The topological polar surface area (TPSA) is 57.5 Å². The zero-order valence-corrected chi connectivity index (χ0v) is 22.4. The van der Waals surface area contributed by atoms with E-state index in [0.717, 1.165) is 36.7 Å². The smallest absolute Gasteiger partial charge is 0.418 e. The van der Waals surface area contributed by atoms with Gasteiger partial charge >= 0.3 is 12.1 Å². The molecule has 6 nitrogen and oxygen atoms in total. The molecule has 1 aromatic heterocycles. The largest absolute Gasteiger partial charge is 0.465 e. The lowest BCUT2D eigenvalue weighted by Gasteiger charge is -2.46. The number of methoxy groups -OCH3 is 1. The highest BCUT2D eigenvalue weighted by Gasteiger charge is 2.44. The third kappa shape index (κ3) is 4.67. The Bertz CT molecular complexity index is 1450. The van der Waals surface area contributed by atoms with Crippen molar-refractivity contribution in [2.75, 3.05) is 27.2 Å². The van der Waals surface area contributed by atoms with Gasteiger partial charge < -0.3 is 9.41 Å². The lowest BCUT2D eigenvalue weighted by molar-refractivity contribution is -0.137. The lowest BCUT2D eigenvalue weighted by Crippen LogP contribution is -2.42. The van der Waals surface area contributed by atoms with Crippen LogP contribution in [0.15, 0.2) is 64.3 Å². The number of amidine groups is 1. The van der Waals surface area contributed by atoms with Gasteiger partial charge in [-0.1, -0.05) is 18.6 Å². The van der Waals surface area contributed by atoms with Crippen molar-refractivity contribution < 1.29 is 27.1 Å². The Morgan fingerprint density at radius 1 is 1.08 bits per heavy atom. The van der Waals surface area contributed by atoms with E-state index >= 15 is 0 Å². The quantitative estimate of drug-likeness (QED) is 0.191. The molecule has 12 heteroatoms. The van der Waals surface area contributed by atoms with Gasteiger partial charge in [0.25, 0.3) is 0 Å². The molecule has 0 aliphatic carbocycles. The van der Waals surface area contributed by atoms with Gasteiger partial charge in [0.2, 0.25) is 0 Å². The highest BCUT2D eigenvalue weighted by atomic mass is 32.1. The van der Waals surface area contributed by atoms with E-state index in [0.29, 0.717) is 34.8 Å². The van der Waals surface area contributed by atoms with Gasteiger partial charge in [0.05, 0.1) is 23.7 Å². The zero-order chi connectivity index (χ0) is 27.1. The SMILES string of the molecule is COC(=O)c1cc2c(s1)N=C(c1ccc(F)cc1)N(C)[P@@]2(=Nc1ccccc1C(F)(F)F)N1CCCCC1. The van der Waals surface area contributed by atoms with E-state index in [1.54, 1.807) is 25.2 Å². The minimum absolute atomic E-state index is 0.178. The van der Waals surface area contributed by atoms with Crippen LogP contribution in [0.4, 0.5) is 28.3 Å². The summed E-state index contributed by atoms with van der Waals surface area (Å²) in [7, 11) is -0.116. The number of ether oxygens (including phenoxy) is 1. The molecule has 0 amide bonds. The summed E-state index contributed by atoms with van der Waals surface area (Å²) in [6.07, 6.45) is -1.89. The predicted octanol–water partition coefficient (Wildman–Crippen LogP) is 7.19. The van der Waals surface area contributed by atoms with Crippen molar-refractivity contribution in [3.8, 4) is 0 Å². The van der Waals surface area contributed by atoms with Crippen molar-refractivity contribution in [2.45, 2.75) is 25.4 Å².